The fraction of sp³-hybridized carbons (Fsp3) is 0.286. The molecule has 0 aliphatic rings. The monoisotopic (exact) mass is 320 g/mol. The zero-order chi connectivity index (χ0) is 15.9. The summed E-state index contributed by atoms with van der Waals surface area (Å²) in [4.78, 5) is 22.0. The van der Waals surface area contributed by atoms with Gasteiger partial charge < -0.3 is 15.0 Å². The zero-order valence-electron chi connectivity index (χ0n) is 12.1. The van der Waals surface area contributed by atoms with Gasteiger partial charge in [0.25, 0.3) is 5.91 Å². The van der Waals surface area contributed by atoms with E-state index in [2.05, 4.69) is 10.2 Å². The molecule has 0 aliphatic heterocycles. The second-order valence-corrected chi connectivity index (χ2v) is 5.27. The molecule has 116 valence electrons. The summed E-state index contributed by atoms with van der Waals surface area (Å²) in [5, 5.41) is 8.90. The van der Waals surface area contributed by atoms with Gasteiger partial charge in [-0.25, -0.2) is 0 Å². The maximum absolute atomic E-state index is 11.5. The first kappa shape index (κ1) is 16.0. The van der Waals surface area contributed by atoms with Gasteiger partial charge in [-0.1, -0.05) is 42.1 Å². The molecule has 2 rings (SSSR count). The number of nitrogens with zero attached hydrogens (tertiary/aromatic N) is 3. The van der Waals surface area contributed by atoms with E-state index < -0.39 is 18.5 Å². The fourth-order valence-corrected chi connectivity index (χ4v) is 2.60. The number of benzene rings is 1. The van der Waals surface area contributed by atoms with Crippen LogP contribution in [0.2, 0.25) is 0 Å². The van der Waals surface area contributed by atoms with Crippen molar-refractivity contribution >= 4 is 23.6 Å². The third kappa shape index (κ3) is 4.08. The van der Waals surface area contributed by atoms with Crippen molar-refractivity contribution in [3.8, 4) is 11.4 Å². The molecule has 0 saturated heterocycles. The molecule has 1 aromatic carbocycles. The largest absolute Gasteiger partial charge is 0.455 e. The van der Waals surface area contributed by atoms with Gasteiger partial charge in [0.15, 0.2) is 17.6 Å². The number of thioether (sulfide) groups is 1. The van der Waals surface area contributed by atoms with Crippen LogP contribution in [0.15, 0.2) is 35.5 Å². The lowest BCUT2D eigenvalue weighted by molar-refractivity contribution is -0.145. The summed E-state index contributed by atoms with van der Waals surface area (Å²) in [6.45, 7) is 2.25. The molecule has 0 bridgehead atoms. The maximum atomic E-state index is 11.5. The molecule has 0 spiro atoms. The molecule has 1 heterocycles. The van der Waals surface area contributed by atoms with Crippen molar-refractivity contribution in [1.29, 1.82) is 0 Å². The molecule has 0 atom stereocenters. The molecule has 0 saturated carbocycles. The summed E-state index contributed by atoms with van der Waals surface area (Å²) >= 11 is 1.21. The number of aromatic nitrogens is 3. The minimum absolute atomic E-state index is 0.0419. The first-order valence-corrected chi connectivity index (χ1v) is 7.65. The maximum Gasteiger partial charge on any atom is 0.316 e. The number of rotatable bonds is 7. The van der Waals surface area contributed by atoms with E-state index in [-0.39, 0.29) is 5.75 Å². The van der Waals surface area contributed by atoms with Crippen molar-refractivity contribution in [2.24, 2.45) is 5.73 Å². The Bertz CT molecular complexity index is 657. The van der Waals surface area contributed by atoms with E-state index in [1.807, 2.05) is 41.8 Å². The minimum atomic E-state index is -0.679. The molecule has 0 unspecified atom stereocenters. The van der Waals surface area contributed by atoms with Gasteiger partial charge in [0.1, 0.15) is 0 Å². The Morgan fingerprint density at radius 2 is 2.00 bits per heavy atom. The van der Waals surface area contributed by atoms with Crippen molar-refractivity contribution in [2.75, 3.05) is 12.4 Å². The number of hydrogen-bond donors (Lipinski definition) is 1. The first-order chi connectivity index (χ1) is 10.6. The lowest BCUT2D eigenvalue weighted by Crippen LogP contribution is -2.21. The van der Waals surface area contributed by atoms with E-state index in [9.17, 15) is 9.59 Å². The normalized spacial score (nSPS) is 10.4. The van der Waals surface area contributed by atoms with Crippen molar-refractivity contribution in [1.82, 2.24) is 14.8 Å². The Labute approximate surface area is 131 Å². The van der Waals surface area contributed by atoms with Crippen LogP contribution in [0, 0.1) is 0 Å². The number of esters is 1. The Balaban J connectivity index is 2.05. The molecule has 0 radical (unpaired) electrons. The molecule has 2 aromatic rings. The van der Waals surface area contributed by atoms with Crippen LogP contribution in [0.3, 0.4) is 0 Å². The van der Waals surface area contributed by atoms with E-state index in [4.69, 9.17) is 10.5 Å². The average molecular weight is 320 g/mol. The highest BCUT2D eigenvalue weighted by atomic mass is 32.2. The van der Waals surface area contributed by atoms with E-state index in [1.54, 1.807) is 0 Å². The average Bonchev–Trinajstić information content (AvgIpc) is 2.94. The molecule has 22 heavy (non-hydrogen) atoms. The van der Waals surface area contributed by atoms with Crippen molar-refractivity contribution < 1.29 is 14.3 Å². The first-order valence-electron chi connectivity index (χ1n) is 6.67. The molecule has 8 heteroatoms. The Kier molecular flexibility index (Phi) is 5.54. The van der Waals surface area contributed by atoms with Crippen LogP contribution in [0.1, 0.15) is 6.92 Å². The number of carbonyl (C=O) groups excluding carboxylic acids is 2. The topological polar surface area (TPSA) is 100 Å². The summed E-state index contributed by atoms with van der Waals surface area (Å²) in [7, 11) is 0. The van der Waals surface area contributed by atoms with E-state index in [0.717, 1.165) is 11.4 Å². The summed E-state index contributed by atoms with van der Waals surface area (Å²) in [6.07, 6.45) is 0. The van der Waals surface area contributed by atoms with Crippen LogP contribution >= 0.6 is 11.8 Å². The third-order valence-electron chi connectivity index (χ3n) is 2.76. The Hall–Kier alpha value is -2.35. The lowest BCUT2D eigenvalue weighted by Gasteiger charge is -2.07. The molecule has 0 aliphatic carbocycles. The predicted octanol–water partition coefficient (Wildman–Crippen LogP) is 1.09. The third-order valence-corrected chi connectivity index (χ3v) is 3.70. The quantitative estimate of drug-likeness (QED) is 0.605. The van der Waals surface area contributed by atoms with Gasteiger partial charge >= 0.3 is 5.97 Å². The van der Waals surface area contributed by atoms with Crippen molar-refractivity contribution in [3.05, 3.63) is 30.3 Å². The van der Waals surface area contributed by atoms with Gasteiger partial charge in [0.2, 0.25) is 0 Å². The number of nitrogens with two attached hydrogens (primary N) is 1. The summed E-state index contributed by atoms with van der Waals surface area (Å²) in [6, 6.07) is 9.69. The van der Waals surface area contributed by atoms with Crippen LogP contribution in [0.25, 0.3) is 11.4 Å². The van der Waals surface area contributed by atoms with Crippen LogP contribution < -0.4 is 5.73 Å². The van der Waals surface area contributed by atoms with E-state index >= 15 is 0 Å². The van der Waals surface area contributed by atoms with Crippen LogP contribution in [-0.4, -0.2) is 39.0 Å². The molecule has 0 fully saturated rings. The molecule has 7 nitrogen and oxygen atoms in total. The number of carbonyl (C=O) groups is 2. The van der Waals surface area contributed by atoms with Gasteiger partial charge in [-0.2, -0.15) is 0 Å². The zero-order valence-corrected chi connectivity index (χ0v) is 12.9. The highest BCUT2D eigenvalue weighted by molar-refractivity contribution is 7.99. The van der Waals surface area contributed by atoms with Gasteiger partial charge in [-0.05, 0) is 6.92 Å². The number of ether oxygens (including phenoxy) is 1. The highest BCUT2D eigenvalue weighted by Gasteiger charge is 2.15. The second kappa shape index (κ2) is 7.60. The molecule has 2 N–H and O–H groups in total. The van der Waals surface area contributed by atoms with Crippen LogP contribution in [0.5, 0.6) is 0 Å². The number of hydrogen-bond acceptors (Lipinski definition) is 6. The standard InChI is InChI=1S/C14H16N4O3S/c1-2-18-13(10-6-4-3-5-7-10)16-17-14(18)22-9-12(20)21-8-11(15)19/h3-7H,2,8-9H2,1H3,(H2,15,19). The van der Waals surface area contributed by atoms with Crippen molar-refractivity contribution in [3.63, 3.8) is 0 Å². The van der Waals surface area contributed by atoms with Gasteiger partial charge in [-0.15, -0.1) is 10.2 Å². The molecule has 1 amide bonds. The number of amides is 1. The van der Waals surface area contributed by atoms with Gasteiger partial charge in [0.05, 0.1) is 5.75 Å². The summed E-state index contributed by atoms with van der Waals surface area (Å²) < 4.78 is 6.62. The lowest BCUT2D eigenvalue weighted by atomic mass is 10.2. The summed E-state index contributed by atoms with van der Waals surface area (Å²) in [5.41, 5.74) is 5.87. The van der Waals surface area contributed by atoms with E-state index in [0.29, 0.717) is 11.7 Å². The Morgan fingerprint density at radius 1 is 1.27 bits per heavy atom. The van der Waals surface area contributed by atoms with Crippen LogP contribution in [0.4, 0.5) is 0 Å². The van der Waals surface area contributed by atoms with Crippen LogP contribution in [-0.2, 0) is 20.9 Å². The second-order valence-electron chi connectivity index (χ2n) is 4.33. The van der Waals surface area contributed by atoms with Gasteiger partial charge in [-0.3, -0.25) is 9.59 Å². The SMILES string of the molecule is CCn1c(SCC(=O)OCC(N)=O)nnc1-c1ccccc1. The molecular weight excluding hydrogens is 304 g/mol. The summed E-state index contributed by atoms with van der Waals surface area (Å²) in [5.74, 6) is -0.409. The van der Waals surface area contributed by atoms with Gasteiger partial charge in [0, 0.05) is 12.1 Å². The number of primary amides is 1. The van der Waals surface area contributed by atoms with Crippen molar-refractivity contribution in [2.45, 2.75) is 18.6 Å². The smallest absolute Gasteiger partial charge is 0.316 e. The predicted molar refractivity (Wildman–Crippen MR) is 82.0 cm³/mol. The molecule has 1 aromatic heterocycles. The van der Waals surface area contributed by atoms with E-state index in [1.165, 1.54) is 11.8 Å². The minimum Gasteiger partial charge on any atom is -0.455 e. The highest BCUT2D eigenvalue weighted by Crippen LogP contribution is 2.23. The Morgan fingerprint density at radius 3 is 2.64 bits per heavy atom. The molecular formula is C14H16N4O3S. The fourth-order valence-electron chi connectivity index (χ4n) is 1.80.